The second-order valence-corrected chi connectivity index (χ2v) is 9.22. The topological polar surface area (TPSA) is 94.8 Å². The average Bonchev–Trinajstić information content (AvgIpc) is 3.12. The maximum absolute atomic E-state index is 12.9. The number of fused-ring (bicyclic) bond motifs is 1. The zero-order chi connectivity index (χ0) is 23.6. The minimum absolute atomic E-state index is 0.0914. The van der Waals surface area contributed by atoms with Gasteiger partial charge in [0, 0.05) is 5.39 Å². The standard InChI is InChI=1S/C25H23NO6S/c1-16-13-23-21(14-22(16)26-33(28,29)20-11-9-19(30-3)10-12-20)24(17(2)32-23)25(27)31-15-18-7-5-4-6-8-18/h4-14,26H,15H2,1-3H3. The molecule has 0 saturated carbocycles. The number of ether oxygens (including phenoxy) is 2. The van der Waals surface area contributed by atoms with E-state index in [1.807, 2.05) is 30.3 Å². The van der Waals surface area contributed by atoms with Crippen molar-refractivity contribution in [3.63, 3.8) is 0 Å². The largest absolute Gasteiger partial charge is 0.497 e. The van der Waals surface area contributed by atoms with E-state index in [4.69, 9.17) is 13.9 Å². The van der Waals surface area contributed by atoms with Gasteiger partial charge < -0.3 is 13.9 Å². The second kappa shape index (κ2) is 8.99. The van der Waals surface area contributed by atoms with E-state index in [2.05, 4.69) is 4.72 Å². The lowest BCUT2D eigenvalue weighted by Gasteiger charge is -2.11. The molecule has 4 aromatic rings. The van der Waals surface area contributed by atoms with Gasteiger partial charge in [-0.05, 0) is 61.4 Å². The van der Waals surface area contributed by atoms with Crippen molar-refractivity contribution in [2.75, 3.05) is 11.8 Å². The molecular formula is C25H23NO6S. The molecular weight excluding hydrogens is 442 g/mol. The summed E-state index contributed by atoms with van der Waals surface area (Å²) in [6.07, 6.45) is 0. The third kappa shape index (κ3) is 4.70. The number of sulfonamides is 1. The molecule has 0 bridgehead atoms. The SMILES string of the molecule is COc1ccc(S(=O)(=O)Nc2cc3c(C(=O)OCc4ccccc4)c(C)oc3cc2C)cc1. The number of nitrogens with one attached hydrogen (secondary N) is 1. The van der Waals surface area contributed by atoms with Crippen LogP contribution in [0.25, 0.3) is 11.0 Å². The highest BCUT2D eigenvalue weighted by Gasteiger charge is 2.23. The maximum Gasteiger partial charge on any atom is 0.342 e. The van der Waals surface area contributed by atoms with Crippen molar-refractivity contribution in [1.82, 2.24) is 0 Å². The van der Waals surface area contributed by atoms with Crippen LogP contribution in [0.1, 0.15) is 27.2 Å². The number of hydrogen-bond acceptors (Lipinski definition) is 6. The number of esters is 1. The summed E-state index contributed by atoms with van der Waals surface area (Å²) in [4.78, 5) is 12.9. The second-order valence-electron chi connectivity index (χ2n) is 7.54. The van der Waals surface area contributed by atoms with Gasteiger partial charge in [-0.3, -0.25) is 4.72 Å². The van der Waals surface area contributed by atoms with Crippen LogP contribution < -0.4 is 9.46 Å². The van der Waals surface area contributed by atoms with Crippen molar-refractivity contribution < 1.29 is 27.1 Å². The van der Waals surface area contributed by atoms with E-state index in [0.29, 0.717) is 33.7 Å². The number of carbonyl (C=O) groups is 1. The van der Waals surface area contributed by atoms with E-state index < -0.39 is 16.0 Å². The number of hydrogen-bond donors (Lipinski definition) is 1. The van der Waals surface area contributed by atoms with Crippen LogP contribution in [0.4, 0.5) is 5.69 Å². The molecule has 0 aliphatic heterocycles. The van der Waals surface area contributed by atoms with Crippen molar-refractivity contribution in [3.8, 4) is 5.75 Å². The van der Waals surface area contributed by atoms with Crippen LogP contribution in [0.3, 0.4) is 0 Å². The van der Waals surface area contributed by atoms with Crippen LogP contribution in [0.15, 0.2) is 76.0 Å². The van der Waals surface area contributed by atoms with Crippen molar-refractivity contribution in [2.45, 2.75) is 25.3 Å². The molecule has 7 nitrogen and oxygen atoms in total. The maximum atomic E-state index is 12.9. The Bertz CT molecular complexity index is 1410. The first-order valence-electron chi connectivity index (χ1n) is 10.2. The molecule has 4 rings (SSSR count). The van der Waals surface area contributed by atoms with Crippen LogP contribution >= 0.6 is 0 Å². The Labute approximate surface area is 192 Å². The summed E-state index contributed by atoms with van der Waals surface area (Å²) in [5.41, 5.74) is 2.60. The molecule has 0 aliphatic carbocycles. The van der Waals surface area contributed by atoms with Crippen molar-refractivity contribution in [2.24, 2.45) is 0 Å². The molecule has 1 N–H and O–H groups in total. The lowest BCUT2D eigenvalue weighted by molar-refractivity contribution is 0.0473. The summed E-state index contributed by atoms with van der Waals surface area (Å²) in [6.45, 7) is 3.56. The van der Waals surface area contributed by atoms with Gasteiger partial charge >= 0.3 is 5.97 Å². The Balaban J connectivity index is 1.64. The van der Waals surface area contributed by atoms with Gasteiger partial charge in [-0.2, -0.15) is 0 Å². The summed E-state index contributed by atoms with van der Waals surface area (Å²) in [6, 6.07) is 18.7. The van der Waals surface area contributed by atoms with Gasteiger partial charge in [0.15, 0.2) is 0 Å². The summed E-state index contributed by atoms with van der Waals surface area (Å²) in [7, 11) is -2.34. The normalized spacial score (nSPS) is 11.4. The van der Waals surface area contributed by atoms with Gasteiger partial charge in [0.05, 0.1) is 17.7 Å². The summed E-state index contributed by atoms with van der Waals surface area (Å²) < 4.78 is 44.7. The zero-order valence-electron chi connectivity index (χ0n) is 18.4. The molecule has 0 spiro atoms. The molecule has 0 atom stereocenters. The van der Waals surface area contributed by atoms with Gasteiger partial charge in [0.25, 0.3) is 10.0 Å². The number of methoxy groups -OCH3 is 1. The Morgan fingerprint density at radius 2 is 1.70 bits per heavy atom. The first kappa shape index (κ1) is 22.4. The predicted octanol–water partition coefficient (Wildman–Crippen LogP) is 5.22. The van der Waals surface area contributed by atoms with Crippen LogP contribution in [0.2, 0.25) is 0 Å². The van der Waals surface area contributed by atoms with Gasteiger partial charge in [0.2, 0.25) is 0 Å². The van der Waals surface area contributed by atoms with Gasteiger partial charge in [-0.25, -0.2) is 13.2 Å². The van der Waals surface area contributed by atoms with E-state index in [9.17, 15) is 13.2 Å². The minimum Gasteiger partial charge on any atom is -0.497 e. The molecule has 3 aromatic carbocycles. The highest BCUT2D eigenvalue weighted by Crippen LogP contribution is 2.32. The Kier molecular flexibility index (Phi) is 6.11. The fourth-order valence-electron chi connectivity index (χ4n) is 3.48. The highest BCUT2D eigenvalue weighted by atomic mass is 32.2. The molecule has 8 heteroatoms. The Hall–Kier alpha value is -3.78. The lowest BCUT2D eigenvalue weighted by Crippen LogP contribution is -2.14. The van der Waals surface area contributed by atoms with Gasteiger partial charge in [-0.1, -0.05) is 30.3 Å². The molecule has 1 heterocycles. The van der Waals surface area contributed by atoms with E-state index in [-0.39, 0.29) is 17.1 Å². The molecule has 0 radical (unpaired) electrons. The Morgan fingerprint density at radius 3 is 2.36 bits per heavy atom. The fourth-order valence-corrected chi connectivity index (χ4v) is 4.61. The van der Waals surface area contributed by atoms with E-state index >= 15 is 0 Å². The van der Waals surface area contributed by atoms with Crippen LogP contribution in [0.5, 0.6) is 5.75 Å². The quantitative estimate of drug-likeness (QED) is 0.376. The number of rotatable bonds is 7. The fraction of sp³-hybridized carbons (Fsp3) is 0.160. The molecule has 0 amide bonds. The van der Waals surface area contributed by atoms with Crippen LogP contribution in [-0.2, 0) is 21.4 Å². The number of anilines is 1. The number of benzene rings is 3. The summed E-state index contributed by atoms with van der Waals surface area (Å²) >= 11 is 0. The monoisotopic (exact) mass is 465 g/mol. The van der Waals surface area contributed by atoms with E-state index in [1.54, 1.807) is 38.1 Å². The highest BCUT2D eigenvalue weighted by molar-refractivity contribution is 7.92. The van der Waals surface area contributed by atoms with Crippen molar-refractivity contribution in [1.29, 1.82) is 0 Å². The number of carbonyl (C=O) groups excluding carboxylic acids is 1. The summed E-state index contributed by atoms with van der Waals surface area (Å²) in [5, 5.41) is 0.476. The first-order chi connectivity index (χ1) is 15.8. The number of aryl methyl sites for hydroxylation is 2. The molecule has 0 fully saturated rings. The molecule has 33 heavy (non-hydrogen) atoms. The molecule has 170 valence electrons. The third-order valence-electron chi connectivity index (χ3n) is 5.24. The van der Waals surface area contributed by atoms with Gasteiger partial charge in [-0.15, -0.1) is 0 Å². The molecule has 0 aliphatic rings. The zero-order valence-corrected chi connectivity index (χ0v) is 19.2. The van der Waals surface area contributed by atoms with Crippen LogP contribution in [-0.4, -0.2) is 21.5 Å². The lowest BCUT2D eigenvalue weighted by atomic mass is 10.1. The van der Waals surface area contributed by atoms with Crippen molar-refractivity contribution >= 4 is 32.6 Å². The molecule has 0 saturated heterocycles. The smallest absolute Gasteiger partial charge is 0.342 e. The Morgan fingerprint density at radius 1 is 1.00 bits per heavy atom. The van der Waals surface area contributed by atoms with E-state index in [0.717, 1.165) is 5.56 Å². The summed E-state index contributed by atoms with van der Waals surface area (Å²) in [5.74, 6) is 0.416. The number of furan rings is 1. The predicted molar refractivity (Wildman–Crippen MR) is 125 cm³/mol. The minimum atomic E-state index is -3.85. The molecule has 0 unspecified atom stereocenters. The molecule has 1 aromatic heterocycles. The van der Waals surface area contributed by atoms with Gasteiger partial charge in [0.1, 0.15) is 29.3 Å². The third-order valence-corrected chi connectivity index (χ3v) is 6.62. The van der Waals surface area contributed by atoms with Crippen molar-refractivity contribution in [3.05, 3.63) is 89.2 Å². The van der Waals surface area contributed by atoms with E-state index in [1.165, 1.54) is 19.2 Å². The first-order valence-corrected chi connectivity index (χ1v) is 11.7. The average molecular weight is 466 g/mol. The van der Waals surface area contributed by atoms with Crippen LogP contribution in [0, 0.1) is 13.8 Å².